The number of benzene rings is 2. The average Bonchev–Trinajstić information content (AvgIpc) is 3.20. The van der Waals surface area contributed by atoms with Crippen molar-refractivity contribution in [1.82, 2.24) is 0 Å². The Hall–Kier alpha value is -2.98. The fraction of sp³-hybridized carbons (Fsp3) is 0.333. The van der Waals surface area contributed by atoms with E-state index in [2.05, 4.69) is 0 Å². The molecule has 8 nitrogen and oxygen atoms in total. The van der Waals surface area contributed by atoms with Gasteiger partial charge in [0.15, 0.2) is 5.78 Å². The van der Waals surface area contributed by atoms with E-state index in [4.69, 9.17) is 26.7 Å². The van der Waals surface area contributed by atoms with Crippen LogP contribution in [0.25, 0.3) is 10.1 Å². The number of ether oxygens (including phenoxy) is 2. The molecular formula is C24H25N3O5S. The number of anilines is 1. The third kappa shape index (κ3) is 3.23. The number of hydrogen-bond acceptors (Lipinski definition) is 8. The Balaban J connectivity index is 1.65. The van der Waals surface area contributed by atoms with Crippen molar-refractivity contribution in [2.24, 2.45) is 11.5 Å². The van der Waals surface area contributed by atoms with E-state index < -0.39 is 23.3 Å². The zero-order valence-corrected chi connectivity index (χ0v) is 18.9. The van der Waals surface area contributed by atoms with Gasteiger partial charge in [0.25, 0.3) is 0 Å². The predicted molar refractivity (Wildman–Crippen MR) is 126 cm³/mol. The summed E-state index contributed by atoms with van der Waals surface area (Å²) in [6, 6.07) is 7.67. The molecule has 1 aromatic heterocycles. The van der Waals surface area contributed by atoms with E-state index in [0.717, 1.165) is 29.7 Å². The molecule has 0 radical (unpaired) electrons. The van der Waals surface area contributed by atoms with E-state index in [0.29, 0.717) is 45.9 Å². The molecule has 0 amide bonds. The summed E-state index contributed by atoms with van der Waals surface area (Å²) in [4.78, 5) is 25.6. The molecule has 7 N–H and O–H groups in total. The van der Waals surface area contributed by atoms with Gasteiger partial charge >= 0.3 is 5.97 Å². The molecule has 1 aliphatic heterocycles. The molecule has 0 spiro atoms. The summed E-state index contributed by atoms with van der Waals surface area (Å²) < 4.78 is 12.1. The van der Waals surface area contributed by atoms with Crippen molar-refractivity contribution in [3.05, 3.63) is 57.5 Å². The molecule has 2 unspecified atom stereocenters. The van der Waals surface area contributed by atoms with Gasteiger partial charge in [-0.25, -0.2) is 4.79 Å². The normalized spacial score (nSPS) is 23.1. The lowest BCUT2D eigenvalue weighted by Crippen LogP contribution is -2.52. The summed E-state index contributed by atoms with van der Waals surface area (Å²) in [5.74, 6) is -0.899. The first-order chi connectivity index (χ1) is 15.7. The van der Waals surface area contributed by atoms with E-state index in [1.807, 2.05) is 19.1 Å². The summed E-state index contributed by atoms with van der Waals surface area (Å²) in [7, 11) is 0. The first-order valence-corrected chi connectivity index (χ1v) is 11.6. The molecule has 1 aliphatic carbocycles. The standard InChI is InChI=1S/C24H25N3O5S/c1-11-10-13(32-12-6-8-31-9-7-12)2-3-14(11)24(27)15-4-5-16(25)20-17(15)18(19(26)22(24)28)21(33-20)23(29)30/h2-5,10,12,19H,6-9,25-27H2,1H3,(H,29,30). The Morgan fingerprint density at radius 2 is 1.91 bits per heavy atom. The number of carbonyl (C=O) groups excluding carboxylic acids is 1. The first-order valence-electron chi connectivity index (χ1n) is 10.8. The number of aryl methyl sites for hydroxylation is 1. The smallest absolute Gasteiger partial charge is 0.346 e. The number of hydrogen-bond donors (Lipinski definition) is 4. The van der Waals surface area contributed by atoms with Crippen LogP contribution in [0.3, 0.4) is 0 Å². The maximum atomic E-state index is 13.6. The van der Waals surface area contributed by atoms with Crippen molar-refractivity contribution in [1.29, 1.82) is 0 Å². The molecule has 0 bridgehead atoms. The van der Waals surface area contributed by atoms with Crippen LogP contribution in [0.15, 0.2) is 30.3 Å². The third-order valence-corrected chi connectivity index (χ3v) is 7.84. The minimum absolute atomic E-state index is 0.0176. The van der Waals surface area contributed by atoms with Gasteiger partial charge in [-0.15, -0.1) is 11.3 Å². The highest BCUT2D eigenvalue weighted by molar-refractivity contribution is 7.21. The molecule has 1 fully saturated rings. The van der Waals surface area contributed by atoms with Gasteiger partial charge in [-0.3, -0.25) is 4.79 Å². The molecule has 3 aromatic rings. The van der Waals surface area contributed by atoms with Crippen LogP contribution in [0.1, 0.15) is 50.8 Å². The third-order valence-electron chi connectivity index (χ3n) is 6.60. The number of carbonyl (C=O) groups is 2. The summed E-state index contributed by atoms with van der Waals surface area (Å²) in [6.45, 7) is 3.23. The van der Waals surface area contributed by atoms with Crippen LogP contribution >= 0.6 is 11.3 Å². The highest BCUT2D eigenvalue weighted by atomic mass is 32.1. The van der Waals surface area contributed by atoms with Crippen molar-refractivity contribution >= 4 is 38.9 Å². The van der Waals surface area contributed by atoms with Crippen LogP contribution < -0.4 is 21.9 Å². The molecule has 2 heterocycles. The summed E-state index contributed by atoms with van der Waals surface area (Å²) in [5, 5.41) is 10.3. The summed E-state index contributed by atoms with van der Waals surface area (Å²) in [6.07, 6.45) is 1.73. The Labute approximate surface area is 194 Å². The van der Waals surface area contributed by atoms with E-state index in [9.17, 15) is 14.7 Å². The molecule has 5 rings (SSSR count). The maximum Gasteiger partial charge on any atom is 0.346 e. The van der Waals surface area contributed by atoms with Crippen molar-refractivity contribution in [2.75, 3.05) is 18.9 Å². The Morgan fingerprint density at radius 3 is 2.58 bits per heavy atom. The number of Topliss-reactive ketones (excluding diaryl/α,β-unsaturated/α-hetero) is 1. The number of aromatic carboxylic acids is 1. The number of rotatable bonds is 4. The highest BCUT2D eigenvalue weighted by Gasteiger charge is 2.49. The molecule has 33 heavy (non-hydrogen) atoms. The molecule has 0 saturated carbocycles. The molecule has 1 saturated heterocycles. The fourth-order valence-corrected chi connectivity index (χ4v) is 6.09. The van der Waals surface area contributed by atoms with Gasteiger partial charge in [-0.1, -0.05) is 12.1 Å². The van der Waals surface area contributed by atoms with Crippen molar-refractivity contribution in [3.8, 4) is 5.75 Å². The zero-order chi connectivity index (χ0) is 23.5. The minimum atomic E-state index is -1.55. The second kappa shape index (κ2) is 7.81. The van der Waals surface area contributed by atoms with Crippen molar-refractivity contribution < 1.29 is 24.2 Å². The average molecular weight is 468 g/mol. The van der Waals surface area contributed by atoms with Gasteiger partial charge in [0.2, 0.25) is 0 Å². The number of thiophene rings is 1. The molecule has 9 heteroatoms. The van der Waals surface area contributed by atoms with Crippen LogP contribution in [0, 0.1) is 6.92 Å². The summed E-state index contributed by atoms with van der Waals surface area (Å²) in [5.41, 5.74) is 20.4. The van der Waals surface area contributed by atoms with E-state index in [-0.39, 0.29) is 16.5 Å². The number of carboxylic acid groups (broad SMARTS) is 1. The monoisotopic (exact) mass is 467 g/mol. The van der Waals surface area contributed by atoms with Gasteiger partial charge in [0.1, 0.15) is 22.3 Å². The topological polar surface area (TPSA) is 151 Å². The fourth-order valence-electron chi connectivity index (χ4n) is 4.96. The van der Waals surface area contributed by atoms with Gasteiger partial charge in [-0.05, 0) is 41.8 Å². The molecule has 2 aliphatic rings. The Morgan fingerprint density at radius 1 is 1.21 bits per heavy atom. The van der Waals surface area contributed by atoms with Gasteiger partial charge in [0.05, 0.1) is 24.0 Å². The van der Waals surface area contributed by atoms with Crippen molar-refractivity contribution in [2.45, 2.75) is 37.5 Å². The largest absolute Gasteiger partial charge is 0.490 e. The second-order valence-corrected chi connectivity index (χ2v) is 9.63. The number of carboxylic acids is 1. The number of nitrogen functional groups attached to an aromatic ring is 1. The molecule has 2 aromatic carbocycles. The lowest BCUT2D eigenvalue weighted by atomic mass is 9.69. The first kappa shape index (κ1) is 21.8. The van der Waals surface area contributed by atoms with Crippen LogP contribution in [-0.2, 0) is 15.1 Å². The Bertz CT molecular complexity index is 1300. The predicted octanol–water partition coefficient (Wildman–Crippen LogP) is 2.83. The number of nitrogens with two attached hydrogens (primary N) is 3. The van der Waals surface area contributed by atoms with Crippen LogP contribution in [-0.4, -0.2) is 36.2 Å². The Kier molecular flexibility index (Phi) is 5.17. The van der Waals surface area contributed by atoms with E-state index in [1.54, 1.807) is 18.2 Å². The lowest BCUT2D eigenvalue weighted by molar-refractivity contribution is -0.124. The molecule has 2 atom stereocenters. The van der Waals surface area contributed by atoms with Crippen LogP contribution in [0.5, 0.6) is 5.75 Å². The van der Waals surface area contributed by atoms with E-state index in [1.165, 1.54) is 0 Å². The lowest BCUT2D eigenvalue weighted by Gasteiger charge is -2.37. The quantitative estimate of drug-likeness (QED) is 0.428. The van der Waals surface area contributed by atoms with Gasteiger partial charge < -0.3 is 31.8 Å². The second-order valence-electron chi connectivity index (χ2n) is 8.61. The van der Waals surface area contributed by atoms with Gasteiger partial charge in [0, 0.05) is 29.5 Å². The van der Waals surface area contributed by atoms with Crippen LogP contribution in [0.4, 0.5) is 5.69 Å². The maximum absolute atomic E-state index is 13.6. The zero-order valence-electron chi connectivity index (χ0n) is 18.1. The van der Waals surface area contributed by atoms with Crippen LogP contribution in [0.2, 0.25) is 0 Å². The SMILES string of the molecule is Cc1cc(OC2CCOCC2)ccc1C1(N)C(=O)C(N)c2c(C(=O)O)sc3c(N)ccc1c23. The minimum Gasteiger partial charge on any atom is -0.490 e. The van der Waals surface area contributed by atoms with E-state index >= 15 is 0 Å². The molecule has 172 valence electrons. The van der Waals surface area contributed by atoms with Crippen molar-refractivity contribution in [3.63, 3.8) is 0 Å². The number of ketones is 1. The molecular weight excluding hydrogens is 442 g/mol. The highest BCUT2D eigenvalue weighted by Crippen LogP contribution is 2.50. The van der Waals surface area contributed by atoms with Gasteiger partial charge in [-0.2, -0.15) is 0 Å². The summed E-state index contributed by atoms with van der Waals surface area (Å²) >= 11 is 1.02.